The molecule has 4 rings (SSSR count). The average molecular weight is 354 g/mol. The van der Waals surface area contributed by atoms with E-state index in [1.165, 1.54) is 28.4 Å². The number of aliphatic hydroxyl groups excluding tert-OH is 1. The van der Waals surface area contributed by atoms with E-state index in [4.69, 9.17) is 0 Å². The Morgan fingerprint density at radius 2 is 2.35 bits per heavy atom. The third kappa shape index (κ3) is 2.21. The summed E-state index contributed by atoms with van der Waals surface area (Å²) in [5.74, 6) is -1.89. The summed E-state index contributed by atoms with van der Waals surface area (Å²) in [5.41, 5.74) is 0.0773. The molecule has 7 nitrogen and oxygen atoms in total. The molecular formula is C14H16N3O4S2+. The molecule has 1 saturated heterocycles. The number of carbonyl (C=O) groups is 2. The molecule has 0 saturated carbocycles. The predicted molar refractivity (Wildman–Crippen MR) is 84.1 cm³/mol. The van der Waals surface area contributed by atoms with Crippen LogP contribution in [0, 0.1) is 5.92 Å². The van der Waals surface area contributed by atoms with E-state index < -0.39 is 18.0 Å². The SMILES string of the molecule is CC(O)[C@H]1C(=O)N2C(C(=O)O)=C(SC3Cn4ccc[n+]4C3)S[C@H]12. The minimum Gasteiger partial charge on any atom is -0.477 e. The van der Waals surface area contributed by atoms with Crippen LogP contribution in [0.4, 0.5) is 0 Å². The van der Waals surface area contributed by atoms with Crippen molar-refractivity contribution in [2.45, 2.75) is 36.7 Å². The number of thioether (sulfide) groups is 2. The smallest absolute Gasteiger partial charge is 0.354 e. The minimum absolute atomic E-state index is 0.0773. The van der Waals surface area contributed by atoms with Crippen molar-refractivity contribution in [1.82, 2.24) is 9.58 Å². The van der Waals surface area contributed by atoms with Gasteiger partial charge in [-0.3, -0.25) is 9.69 Å². The van der Waals surface area contributed by atoms with Gasteiger partial charge in [0, 0.05) is 6.07 Å². The summed E-state index contributed by atoms with van der Waals surface area (Å²) in [4.78, 5) is 25.1. The summed E-state index contributed by atoms with van der Waals surface area (Å²) in [6, 6.07) is 1.98. The van der Waals surface area contributed by atoms with Crippen molar-refractivity contribution in [3.8, 4) is 0 Å². The average Bonchev–Trinajstić information content (AvgIpc) is 3.10. The van der Waals surface area contributed by atoms with Crippen molar-refractivity contribution >= 4 is 35.4 Å². The number of amides is 1. The van der Waals surface area contributed by atoms with Gasteiger partial charge in [0.25, 0.3) is 0 Å². The molecule has 0 aromatic carbocycles. The zero-order chi connectivity index (χ0) is 16.3. The van der Waals surface area contributed by atoms with Gasteiger partial charge in [0.2, 0.25) is 5.91 Å². The number of hydrogen-bond donors (Lipinski definition) is 2. The Kier molecular flexibility index (Phi) is 3.47. The maximum absolute atomic E-state index is 12.2. The van der Waals surface area contributed by atoms with Crippen molar-refractivity contribution in [3.63, 3.8) is 0 Å². The fourth-order valence-electron chi connectivity index (χ4n) is 3.27. The van der Waals surface area contributed by atoms with Crippen LogP contribution in [0.2, 0.25) is 0 Å². The Morgan fingerprint density at radius 3 is 3.00 bits per heavy atom. The Labute approximate surface area is 140 Å². The molecule has 2 N–H and O–H groups in total. The van der Waals surface area contributed by atoms with Crippen molar-refractivity contribution in [2.24, 2.45) is 5.92 Å². The van der Waals surface area contributed by atoms with Crippen molar-refractivity contribution < 1.29 is 24.5 Å². The van der Waals surface area contributed by atoms with Gasteiger partial charge in [0.15, 0.2) is 18.4 Å². The number of fused-ring (bicyclic) bond motifs is 2. The summed E-state index contributed by atoms with van der Waals surface area (Å²) in [6.07, 6.45) is 3.22. The van der Waals surface area contributed by atoms with E-state index in [2.05, 4.69) is 9.36 Å². The Morgan fingerprint density at radius 1 is 1.57 bits per heavy atom. The summed E-state index contributed by atoms with van der Waals surface area (Å²) >= 11 is 2.91. The van der Waals surface area contributed by atoms with Crippen molar-refractivity contribution in [3.05, 3.63) is 28.4 Å². The van der Waals surface area contributed by atoms with E-state index in [0.717, 1.165) is 13.1 Å². The van der Waals surface area contributed by atoms with Crippen LogP contribution in [-0.2, 0) is 22.7 Å². The number of carboxylic acids is 1. The molecule has 3 atom stereocenters. The molecule has 1 amide bonds. The lowest BCUT2D eigenvalue weighted by Crippen LogP contribution is -2.60. The monoisotopic (exact) mass is 354 g/mol. The largest absolute Gasteiger partial charge is 0.477 e. The quantitative estimate of drug-likeness (QED) is 0.587. The Balaban J connectivity index is 1.55. The highest BCUT2D eigenvalue weighted by molar-refractivity contribution is 8.23. The lowest BCUT2D eigenvalue weighted by molar-refractivity contribution is -0.757. The van der Waals surface area contributed by atoms with Crippen LogP contribution < -0.4 is 4.68 Å². The summed E-state index contributed by atoms with van der Waals surface area (Å²) in [7, 11) is 0. The standard InChI is InChI=1S/C14H15N3O4S2/c1-7(18)9-11(19)17-10(13(20)21)14(23-12(9)17)22-8-5-15-3-2-4-16(15)6-8/h2-4,7-9,12,18H,5-6H2,1H3/p+1/t7?,9-,12+/m0/s1. The van der Waals surface area contributed by atoms with E-state index in [1.807, 2.05) is 18.5 Å². The van der Waals surface area contributed by atoms with Gasteiger partial charge in [-0.05, 0) is 6.92 Å². The molecule has 122 valence electrons. The summed E-state index contributed by atoms with van der Waals surface area (Å²) in [5, 5.41) is 19.2. The molecule has 1 fully saturated rings. The van der Waals surface area contributed by atoms with Crippen LogP contribution in [0.3, 0.4) is 0 Å². The van der Waals surface area contributed by atoms with Gasteiger partial charge in [-0.15, -0.1) is 16.4 Å². The van der Waals surface area contributed by atoms with Crippen LogP contribution >= 0.6 is 23.5 Å². The predicted octanol–water partition coefficient (Wildman–Crippen LogP) is 0.0568. The molecule has 3 aliphatic rings. The van der Waals surface area contributed by atoms with Gasteiger partial charge >= 0.3 is 5.97 Å². The molecule has 0 spiro atoms. The molecule has 23 heavy (non-hydrogen) atoms. The van der Waals surface area contributed by atoms with Crippen LogP contribution in [0.5, 0.6) is 0 Å². The Hall–Kier alpha value is -1.45. The molecule has 1 aromatic rings. The second-order valence-electron chi connectivity index (χ2n) is 5.90. The number of carbonyl (C=O) groups excluding carboxylic acids is 1. The first-order chi connectivity index (χ1) is 11.0. The molecule has 0 radical (unpaired) electrons. The third-order valence-corrected chi connectivity index (χ3v) is 7.14. The first kappa shape index (κ1) is 15.1. The first-order valence-corrected chi connectivity index (χ1v) is 9.10. The zero-order valence-corrected chi connectivity index (χ0v) is 14.0. The van der Waals surface area contributed by atoms with Crippen LogP contribution in [0.1, 0.15) is 6.92 Å². The first-order valence-electron chi connectivity index (χ1n) is 7.34. The fraction of sp³-hybridized carbons (Fsp3) is 0.500. The lowest BCUT2D eigenvalue weighted by Gasteiger charge is -2.43. The van der Waals surface area contributed by atoms with Gasteiger partial charge in [0.1, 0.15) is 5.37 Å². The second kappa shape index (κ2) is 5.29. The topological polar surface area (TPSA) is 86.7 Å². The highest BCUT2D eigenvalue weighted by Crippen LogP contribution is 2.54. The summed E-state index contributed by atoms with van der Waals surface area (Å²) < 4.78 is 4.86. The molecule has 1 aromatic heterocycles. The van der Waals surface area contributed by atoms with Crippen LogP contribution in [-0.4, -0.2) is 48.4 Å². The Bertz CT molecular complexity index is 709. The minimum atomic E-state index is -1.08. The molecular weight excluding hydrogens is 338 g/mol. The number of β-lactam (4-membered cyclic amide) rings is 1. The molecule has 1 unspecified atom stereocenters. The maximum Gasteiger partial charge on any atom is 0.354 e. The molecule has 0 bridgehead atoms. The van der Waals surface area contributed by atoms with Gasteiger partial charge in [-0.2, -0.15) is 4.68 Å². The van der Waals surface area contributed by atoms with Crippen molar-refractivity contribution in [2.75, 3.05) is 0 Å². The van der Waals surface area contributed by atoms with Crippen molar-refractivity contribution in [1.29, 1.82) is 0 Å². The van der Waals surface area contributed by atoms with Crippen LogP contribution in [0.25, 0.3) is 0 Å². The zero-order valence-electron chi connectivity index (χ0n) is 12.3. The van der Waals surface area contributed by atoms with E-state index in [-0.39, 0.29) is 22.2 Å². The van der Waals surface area contributed by atoms with E-state index >= 15 is 0 Å². The van der Waals surface area contributed by atoms with Gasteiger partial charge in [-0.1, -0.05) is 11.8 Å². The van der Waals surface area contributed by atoms with E-state index in [0.29, 0.717) is 4.24 Å². The number of nitrogens with zero attached hydrogens (tertiary/aromatic N) is 3. The number of aliphatic hydroxyl groups is 1. The fourth-order valence-corrected chi connectivity index (χ4v) is 6.58. The molecule has 0 aliphatic carbocycles. The van der Waals surface area contributed by atoms with Gasteiger partial charge in [0.05, 0.1) is 34.3 Å². The van der Waals surface area contributed by atoms with E-state index in [1.54, 1.807) is 6.92 Å². The number of hydrogen-bond acceptors (Lipinski definition) is 5. The maximum atomic E-state index is 12.2. The highest BCUT2D eigenvalue weighted by atomic mass is 32.2. The normalized spacial score (nSPS) is 30.3. The number of carboxylic acid groups (broad SMARTS) is 1. The molecule has 3 aliphatic heterocycles. The van der Waals surface area contributed by atoms with Gasteiger partial charge in [-0.25, -0.2) is 4.79 Å². The van der Waals surface area contributed by atoms with Gasteiger partial charge < -0.3 is 10.2 Å². The lowest BCUT2D eigenvalue weighted by atomic mass is 9.92. The summed E-state index contributed by atoms with van der Waals surface area (Å²) in [6.45, 7) is 3.20. The number of aliphatic carboxylic acids is 1. The third-order valence-electron chi connectivity index (χ3n) is 4.37. The number of aromatic nitrogens is 2. The van der Waals surface area contributed by atoms with E-state index in [9.17, 15) is 19.8 Å². The molecule has 4 heterocycles. The number of rotatable bonds is 4. The second-order valence-corrected chi connectivity index (χ2v) is 8.59. The highest BCUT2D eigenvalue weighted by Gasteiger charge is 2.58. The van der Waals surface area contributed by atoms with Crippen LogP contribution in [0.15, 0.2) is 28.4 Å². The molecule has 9 heteroatoms.